The second-order valence-electron chi connectivity index (χ2n) is 11.3. The smallest absolute Gasteiger partial charge is 0.106 e. The first kappa shape index (κ1) is 34.9. The van der Waals surface area contributed by atoms with Gasteiger partial charge in [0.1, 0.15) is 12.5 Å². The van der Waals surface area contributed by atoms with Crippen molar-refractivity contribution in [3.63, 3.8) is 0 Å². The molecule has 35 heavy (non-hydrogen) atoms. The van der Waals surface area contributed by atoms with Gasteiger partial charge in [-0.05, 0) is 25.7 Å². The molecule has 0 saturated heterocycles. The summed E-state index contributed by atoms with van der Waals surface area (Å²) in [5, 5.41) is 23.2. The van der Waals surface area contributed by atoms with Gasteiger partial charge in [0.05, 0.1) is 0 Å². The van der Waals surface area contributed by atoms with Crippen LogP contribution in [0.2, 0.25) is 0 Å². The molecule has 212 valence electrons. The van der Waals surface area contributed by atoms with Gasteiger partial charge in [0.15, 0.2) is 0 Å². The van der Waals surface area contributed by atoms with Gasteiger partial charge in [0.2, 0.25) is 0 Å². The van der Waals surface area contributed by atoms with Crippen LogP contribution < -0.4 is 5.32 Å². The average molecular weight is 498 g/mol. The molecule has 2 unspecified atom stereocenters. The van der Waals surface area contributed by atoms with E-state index in [0.29, 0.717) is 0 Å². The lowest BCUT2D eigenvalue weighted by Gasteiger charge is -2.18. The van der Waals surface area contributed by atoms with Crippen molar-refractivity contribution in [1.82, 2.24) is 5.32 Å². The molecule has 0 aliphatic heterocycles. The molecule has 0 aromatic carbocycles. The van der Waals surface area contributed by atoms with E-state index in [1.807, 2.05) is 0 Å². The van der Waals surface area contributed by atoms with Crippen molar-refractivity contribution in [3.8, 4) is 0 Å². The lowest BCUT2D eigenvalue weighted by Crippen LogP contribution is -2.38. The van der Waals surface area contributed by atoms with E-state index in [0.717, 1.165) is 25.7 Å². The lowest BCUT2D eigenvalue weighted by atomic mass is 10.0. The fraction of sp³-hybridized carbons (Fsp3) is 1.00. The van der Waals surface area contributed by atoms with E-state index in [9.17, 15) is 10.2 Å². The number of rotatable bonds is 30. The van der Waals surface area contributed by atoms with Gasteiger partial charge in [-0.1, -0.05) is 168 Å². The molecule has 2 atom stereocenters. The molecule has 0 aliphatic rings. The minimum atomic E-state index is -0.556. The zero-order chi connectivity index (χ0) is 25.7. The van der Waals surface area contributed by atoms with Gasteiger partial charge in [-0.2, -0.15) is 0 Å². The normalized spacial score (nSPS) is 13.4. The highest BCUT2D eigenvalue weighted by Crippen LogP contribution is 2.15. The number of aliphatic hydroxyl groups excluding tert-OH is 2. The summed E-state index contributed by atoms with van der Waals surface area (Å²) in [6, 6.07) is 0. The summed E-state index contributed by atoms with van der Waals surface area (Å²) in [6.45, 7) is 4.55. The Hall–Kier alpha value is -0.120. The van der Waals surface area contributed by atoms with Crippen LogP contribution in [0.3, 0.4) is 0 Å². The van der Waals surface area contributed by atoms with Crippen LogP contribution in [0.4, 0.5) is 0 Å². The lowest BCUT2D eigenvalue weighted by molar-refractivity contribution is 0.0310. The molecule has 0 rings (SSSR count). The van der Waals surface area contributed by atoms with Crippen LogP contribution in [0.25, 0.3) is 0 Å². The maximum absolute atomic E-state index is 10.1. The number of nitrogens with one attached hydrogen (secondary N) is 1. The Morgan fingerprint density at radius 1 is 0.343 bits per heavy atom. The Kier molecular flexibility index (Phi) is 30.0. The Labute approximate surface area is 221 Å². The highest BCUT2D eigenvalue weighted by atomic mass is 16.3. The van der Waals surface area contributed by atoms with Crippen LogP contribution in [-0.4, -0.2) is 22.7 Å². The summed E-state index contributed by atoms with van der Waals surface area (Å²) in [5.74, 6) is 0. The molecule has 0 aromatic heterocycles. The summed E-state index contributed by atoms with van der Waals surface area (Å²) >= 11 is 0. The first-order chi connectivity index (χ1) is 17.2. The highest BCUT2D eigenvalue weighted by Gasteiger charge is 2.09. The molecular formula is C32H67NO2. The van der Waals surface area contributed by atoms with Crippen molar-refractivity contribution < 1.29 is 10.2 Å². The molecule has 0 fully saturated rings. The first-order valence-corrected chi connectivity index (χ1v) is 16.3. The molecule has 3 nitrogen and oxygen atoms in total. The standard InChI is InChI=1S/C32H67NO2/c1-3-5-7-9-11-13-14-15-16-17-18-19-20-22-24-26-28-30-32(35)33-31(34)29-27-25-23-21-12-10-8-6-4-2/h31-35H,3-30H2,1-2H3. The Morgan fingerprint density at radius 2 is 0.543 bits per heavy atom. The molecule has 0 radical (unpaired) electrons. The quantitative estimate of drug-likeness (QED) is 0.0683. The maximum Gasteiger partial charge on any atom is 0.106 e. The Morgan fingerprint density at radius 3 is 0.771 bits per heavy atom. The topological polar surface area (TPSA) is 52.5 Å². The third kappa shape index (κ3) is 30.0. The van der Waals surface area contributed by atoms with Crippen LogP contribution in [0.5, 0.6) is 0 Å². The SMILES string of the molecule is CCCCCCCCCCCCCCCCCCCC(O)NC(O)CCCCCCCCCCC. The zero-order valence-electron chi connectivity index (χ0n) is 24.3. The summed E-state index contributed by atoms with van der Waals surface area (Å²) < 4.78 is 0. The maximum atomic E-state index is 10.1. The summed E-state index contributed by atoms with van der Waals surface area (Å²) in [4.78, 5) is 0. The fourth-order valence-corrected chi connectivity index (χ4v) is 5.10. The van der Waals surface area contributed by atoms with Crippen molar-refractivity contribution in [2.75, 3.05) is 0 Å². The third-order valence-corrected chi connectivity index (χ3v) is 7.55. The fourth-order valence-electron chi connectivity index (χ4n) is 5.10. The molecule has 3 N–H and O–H groups in total. The first-order valence-electron chi connectivity index (χ1n) is 16.3. The van der Waals surface area contributed by atoms with Crippen molar-refractivity contribution in [2.45, 2.75) is 206 Å². The number of aliphatic hydroxyl groups is 2. The highest BCUT2D eigenvalue weighted by molar-refractivity contribution is 4.60. The molecule has 3 heteroatoms. The largest absolute Gasteiger partial charge is 0.379 e. The van der Waals surface area contributed by atoms with E-state index in [1.165, 1.54) is 154 Å². The summed E-state index contributed by atoms with van der Waals surface area (Å²) in [6.07, 6.45) is 35.4. The van der Waals surface area contributed by atoms with Gasteiger partial charge >= 0.3 is 0 Å². The van der Waals surface area contributed by atoms with E-state index in [4.69, 9.17) is 0 Å². The molecule has 0 aromatic rings. The minimum Gasteiger partial charge on any atom is -0.379 e. The van der Waals surface area contributed by atoms with Gasteiger partial charge < -0.3 is 10.2 Å². The molecule has 0 bridgehead atoms. The average Bonchev–Trinajstić information content (AvgIpc) is 2.85. The zero-order valence-corrected chi connectivity index (χ0v) is 24.3. The Bertz CT molecular complexity index is 377. The second kappa shape index (κ2) is 30.1. The second-order valence-corrected chi connectivity index (χ2v) is 11.3. The van der Waals surface area contributed by atoms with E-state index in [1.54, 1.807) is 0 Å². The van der Waals surface area contributed by atoms with E-state index >= 15 is 0 Å². The third-order valence-electron chi connectivity index (χ3n) is 7.55. The molecule has 0 aliphatic carbocycles. The molecule has 0 heterocycles. The molecule has 0 amide bonds. The number of hydrogen-bond donors (Lipinski definition) is 3. The summed E-state index contributed by atoms with van der Waals surface area (Å²) in [7, 11) is 0. The van der Waals surface area contributed by atoms with Gasteiger partial charge in [0.25, 0.3) is 0 Å². The molecule has 0 spiro atoms. The van der Waals surface area contributed by atoms with Crippen LogP contribution in [0.1, 0.15) is 194 Å². The van der Waals surface area contributed by atoms with Gasteiger partial charge in [0, 0.05) is 0 Å². The van der Waals surface area contributed by atoms with Crippen LogP contribution in [-0.2, 0) is 0 Å². The van der Waals surface area contributed by atoms with Crippen LogP contribution in [0, 0.1) is 0 Å². The predicted molar refractivity (Wildman–Crippen MR) is 156 cm³/mol. The minimum absolute atomic E-state index is 0.555. The van der Waals surface area contributed by atoms with E-state index < -0.39 is 12.5 Å². The van der Waals surface area contributed by atoms with Crippen molar-refractivity contribution >= 4 is 0 Å². The summed E-state index contributed by atoms with van der Waals surface area (Å²) in [5.41, 5.74) is 0. The van der Waals surface area contributed by atoms with Crippen molar-refractivity contribution in [2.24, 2.45) is 0 Å². The van der Waals surface area contributed by atoms with E-state index in [2.05, 4.69) is 19.2 Å². The predicted octanol–water partition coefficient (Wildman–Crippen LogP) is 10.2. The Balaban J connectivity index is 3.25. The van der Waals surface area contributed by atoms with Gasteiger partial charge in [-0.15, -0.1) is 0 Å². The van der Waals surface area contributed by atoms with Gasteiger partial charge in [-0.25, -0.2) is 0 Å². The number of unbranched alkanes of at least 4 members (excludes halogenated alkanes) is 24. The number of hydrogen-bond acceptors (Lipinski definition) is 3. The molecular weight excluding hydrogens is 430 g/mol. The van der Waals surface area contributed by atoms with Gasteiger partial charge in [-0.3, -0.25) is 5.32 Å². The molecule has 0 saturated carbocycles. The van der Waals surface area contributed by atoms with Crippen LogP contribution in [0.15, 0.2) is 0 Å². The monoisotopic (exact) mass is 498 g/mol. The van der Waals surface area contributed by atoms with Crippen LogP contribution >= 0.6 is 0 Å². The van der Waals surface area contributed by atoms with E-state index in [-0.39, 0.29) is 0 Å². The van der Waals surface area contributed by atoms with Crippen molar-refractivity contribution in [1.29, 1.82) is 0 Å². The van der Waals surface area contributed by atoms with Crippen molar-refractivity contribution in [3.05, 3.63) is 0 Å².